The normalized spacial score (nSPS) is 14.6. The van der Waals surface area contributed by atoms with E-state index in [1.54, 1.807) is 0 Å². The summed E-state index contributed by atoms with van der Waals surface area (Å²) in [6.07, 6.45) is 0.452. The molecule has 152 valence electrons. The minimum Gasteiger partial charge on any atom is -0.339 e. The molecule has 4 aromatic rings. The summed E-state index contributed by atoms with van der Waals surface area (Å²) in [7, 11) is 0. The van der Waals surface area contributed by atoms with E-state index < -0.39 is 0 Å². The van der Waals surface area contributed by atoms with Crippen LogP contribution < -0.4 is 4.90 Å². The minimum absolute atomic E-state index is 0.178. The van der Waals surface area contributed by atoms with E-state index in [1.807, 2.05) is 58.8 Å². The predicted octanol–water partition coefficient (Wildman–Crippen LogP) is 2.79. The molecule has 1 aliphatic rings. The molecule has 0 spiro atoms. The van der Waals surface area contributed by atoms with Gasteiger partial charge in [-0.2, -0.15) is 4.52 Å². The number of fused-ring (bicyclic) bond motifs is 3. The van der Waals surface area contributed by atoms with Crippen molar-refractivity contribution in [2.45, 2.75) is 20.3 Å². The van der Waals surface area contributed by atoms with Crippen molar-refractivity contribution in [3.63, 3.8) is 0 Å². The Hall–Kier alpha value is -3.48. The average molecular weight is 400 g/mol. The molecule has 0 bridgehead atoms. The molecule has 7 heteroatoms. The van der Waals surface area contributed by atoms with Gasteiger partial charge in [-0.15, -0.1) is 5.10 Å². The highest BCUT2D eigenvalue weighted by Crippen LogP contribution is 2.23. The predicted molar refractivity (Wildman–Crippen MR) is 117 cm³/mol. The van der Waals surface area contributed by atoms with Crippen molar-refractivity contribution >= 4 is 28.4 Å². The lowest BCUT2D eigenvalue weighted by molar-refractivity contribution is -0.130. The highest BCUT2D eigenvalue weighted by molar-refractivity contribution is 5.92. The molecule has 1 amide bonds. The van der Waals surface area contributed by atoms with Gasteiger partial charge in [0, 0.05) is 31.6 Å². The van der Waals surface area contributed by atoms with Crippen molar-refractivity contribution in [2.24, 2.45) is 0 Å². The highest BCUT2D eigenvalue weighted by Gasteiger charge is 2.25. The van der Waals surface area contributed by atoms with Crippen LogP contribution in [0.2, 0.25) is 0 Å². The largest absolute Gasteiger partial charge is 0.339 e. The van der Waals surface area contributed by atoms with E-state index in [1.165, 1.54) is 0 Å². The monoisotopic (exact) mass is 400 g/mol. The van der Waals surface area contributed by atoms with Crippen LogP contribution in [0.1, 0.15) is 17.0 Å². The summed E-state index contributed by atoms with van der Waals surface area (Å²) in [5.41, 5.74) is 3.99. The van der Waals surface area contributed by atoms with Gasteiger partial charge in [0.05, 0.1) is 11.9 Å². The second kappa shape index (κ2) is 7.40. The SMILES string of the molecule is Cc1nc2c3ccccc3nc(N3CCN(C(=O)Cc4ccccc4C)CC3)n2n1. The summed E-state index contributed by atoms with van der Waals surface area (Å²) in [5.74, 6) is 1.69. The van der Waals surface area contributed by atoms with Crippen molar-refractivity contribution in [1.82, 2.24) is 24.5 Å². The molecule has 2 aromatic carbocycles. The third-order valence-electron chi connectivity index (χ3n) is 5.79. The first-order chi connectivity index (χ1) is 14.6. The van der Waals surface area contributed by atoms with Crippen LogP contribution in [0.4, 0.5) is 5.95 Å². The zero-order chi connectivity index (χ0) is 20.7. The number of piperazine rings is 1. The van der Waals surface area contributed by atoms with Gasteiger partial charge in [-0.05, 0) is 37.1 Å². The first-order valence-electron chi connectivity index (χ1n) is 10.3. The number of aromatic nitrogens is 4. The summed E-state index contributed by atoms with van der Waals surface area (Å²) in [6, 6.07) is 16.1. The van der Waals surface area contributed by atoms with Crippen LogP contribution in [-0.2, 0) is 11.2 Å². The van der Waals surface area contributed by atoms with E-state index in [4.69, 9.17) is 4.98 Å². The van der Waals surface area contributed by atoms with Crippen molar-refractivity contribution in [3.8, 4) is 0 Å². The van der Waals surface area contributed by atoms with Crippen molar-refractivity contribution < 1.29 is 4.79 Å². The van der Waals surface area contributed by atoms with Crippen LogP contribution in [0.25, 0.3) is 16.6 Å². The maximum Gasteiger partial charge on any atom is 0.229 e. The fourth-order valence-corrected chi connectivity index (χ4v) is 4.09. The number of hydrogen-bond donors (Lipinski definition) is 0. The number of rotatable bonds is 3. The molecule has 30 heavy (non-hydrogen) atoms. The smallest absolute Gasteiger partial charge is 0.229 e. The number of aryl methyl sites for hydroxylation is 2. The van der Waals surface area contributed by atoms with E-state index >= 15 is 0 Å². The van der Waals surface area contributed by atoms with Gasteiger partial charge < -0.3 is 9.80 Å². The molecular weight excluding hydrogens is 376 g/mol. The van der Waals surface area contributed by atoms with Crippen LogP contribution in [0, 0.1) is 13.8 Å². The number of anilines is 1. The van der Waals surface area contributed by atoms with Gasteiger partial charge in [0.25, 0.3) is 0 Å². The van der Waals surface area contributed by atoms with Gasteiger partial charge in [0.2, 0.25) is 11.9 Å². The molecule has 0 unspecified atom stereocenters. The molecule has 2 aromatic heterocycles. The highest BCUT2D eigenvalue weighted by atomic mass is 16.2. The Balaban J connectivity index is 1.37. The maximum atomic E-state index is 12.8. The molecule has 0 saturated carbocycles. The van der Waals surface area contributed by atoms with Gasteiger partial charge in [-0.25, -0.2) is 9.97 Å². The van der Waals surface area contributed by atoms with E-state index in [0.29, 0.717) is 19.5 Å². The fourth-order valence-electron chi connectivity index (χ4n) is 4.09. The lowest BCUT2D eigenvalue weighted by atomic mass is 10.1. The number of carbonyl (C=O) groups excluding carboxylic acids is 1. The van der Waals surface area contributed by atoms with Gasteiger partial charge in [0.15, 0.2) is 5.65 Å². The van der Waals surface area contributed by atoms with Crippen molar-refractivity contribution in [2.75, 3.05) is 31.1 Å². The first kappa shape index (κ1) is 18.5. The van der Waals surface area contributed by atoms with Gasteiger partial charge >= 0.3 is 0 Å². The maximum absolute atomic E-state index is 12.8. The molecular formula is C23H24N6O. The van der Waals surface area contributed by atoms with Crippen LogP contribution in [0.15, 0.2) is 48.5 Å². The molecule has 0 N–H and O–H groups in total. The lowest BCUT2D eigenvalue weighted by Crippen LogP contribution is -2.50. The molecule has 1 fully saturated rings. The number of amides is 1. The molecule has 0 atom stereocenters. The topological polar surface area (TPSA) is 66.6 Å². The Bertz CT molecular complexity index is 1240. The van der Waals surface area contributed by atoms with Gasteiger partial charge in [0.1, 0.15) is 5.82 Å². The fraction of sp³-hybridized carbons (Fsp3) is 0.304. The van der Waals surface area contributed by atoms with E-state index in [9.17, 15) is 4.79 Å². The molecule has 7 nitrogen and oxygen atoms in total. The summed E-state index contributed by atoms with van der Waals surface area (Å²) >= 11 is 0. The zero-order valence-electron chi connectivity index (χ0n) is 17.2. The van der Waals surface area contributed by atoms with E-state index in [0.717, 1.165) is 52.5 Å². The van der Waals surface area contributed by atoms with Crippen molar-refractivity contribution in [1.29, 1.82) is 0 Å². The Morgan fingerprint density at radius 3 is 2.47 bits per heavy atom. The third kappa shape index (κ3) is 3.26. The molecule has 3 heterocycles. The van der Waals surface area contributed by atoms with Gasteiger partial charge in [-0.1, -0.05) is 36.4 Å². The quantitative estimate of drug-likeness (QED) is 0.529. The molecule has 5 rings (SSSR count). The second-order valence-electron chi connectivity index (χ2n) is 7.79. The Morgan fingerprint density at radius 1 is 0.933 bits per heavy atom. The number of benzene rings is 2. The average Bonchev–Trinajstić information content (AvgIpc) is 3.16. The Labute approximate surface area is 175 Å². The number of para-hydroxylation sites is 1. The second-order valence-corrected chi connectivity index (χ2v) is 7.79. The molecule has 1 aliphatic heterocycles. The summed E-state index contributed by atoms with van der Waals surface area (Å²) in [4.78, 5) is 26.5. The Morgan fingerprint density at radius 2 is 1.67 bits per heavy atom. The van der Waals surface area contributed by atoms with Crippen LogP contribution in [0.3, 0.4) is 0 Å². The van der Waals surface area contributed by atoms with E-state index in [2.05, 4.69) is 28.0 Å². The lowest BCUT2D eigenvalue weighted by Gasteiger charge is -2.35. The Kier molecular flexibility index (Phi) is 4.58. The zero-order valence-corrected chi connectivity index (χ0v) is 17.2. The standard InChI is InChI=1S/C23H24N6O/c1-16-7-3-4-8-18(16)15-21(30)27-11-13-28(14-12-27)23-25-20-10-6-5-9-19(20)22-24-17(2)26-29(22)23/h3-10H,11-15H2,1-2H3. The van der Waals surface area contributed by atoms with Crippen LogP contribution >= 0.6 is 0 Å². The molecule has 1 saturated heterocycles. The third-order valence-corrected chi connectivity index (χ3v) is 5.79. The van der Waals surface area contributed by atoms with Gasteiger partial charge in [-0.3, -0.25) is 4.79 Å². The summed E-state index contributed by atoms with van der Waals surface area (Å²) in [6.45, 7) is 6.74. The number of hydrogen-bond acceptors (Lipinski definition) is 5. The first-order valence-corrected chi connectivity index (χ1v) is 10.3. The van der Waals surface area contributed by atoms with E-state index in [-0.39, 0.29) is 5.91 Å². The van der Waals surface area contributed by atoms with Crippen LogP contribution in [-0.4, -0.2) is 56.6 Å². The minimum atomic E-state index is 0.178. The van der Waals surface area contributed by atoms with Crippen LogP contribution in [0.5, 0.6) is 0 Å². The summed E-state index contributed by atoms with van der Waals surface area (Å²) < 4.78 is 1.84. The number of carbonyl (C=O) groups is 1. The molecule has 0 aliphatic carbocycles. The number of nitrogens with zero attached hydrogens (tertiary/aromatic N) is 6. The molecule has 0 radical (unpaired) electrons. The summed E-state index contributed by atoms with van der Waals surface area (Å²) in [5, 5.41) is 5.57. The van der Waals surface area contributed by atoms with Crippen molar-refractivity contribution in [3.05, 3.63) is 65.5 Å².